The van der Waals surface area contributed by atoms with Gasteiger partial charge in [0.15, 0.2) is 5.58 Å². The molecule has 3 aromatic rings. The van der Waals surface area contributed by atoms with Crippen molar-refractivity contribution in [2.24, 2.45) is 0 Å². The third kappa shape index (κ3) is 3.45. The van der Waals surface area contributed by atoms with Crippen LogP contribution in [-0.2, 0) is 16.1 Å². The molecule has 0 aliphatic rings. The van der Waals surface area contributed by atoms with Gasteiger partial charge >= 0.3 is 11.7 Å². The summed E-state index contributed by atoms with van der Waals surface area (Å²) >= 11 is 0. The molecular formula is C18H16N2O5. The van der Waals surface area contributed by atoms with E-state index in [9.17, 15) is 14.4 Å². The van der Waals surface area contributed by atoms with Crippen molar-refractivity contribution in [2.75, 3.05) is 12.4 Å². The fraction of sp³-hybridized carbons (Fsp3) is 0.167. The summed E-state index contributed by atoms with van der Waals surface area (Å²) in [6.45, 7) is 1.72. The summed E-state index contributed by atoms with van der Waals surface area (Å²) in [6, 6.07) is 11.8. The predicted octanol–water partition coefficient (Wildman–Crippen LogP) is 2.33. The zero-order valence-electron chi connectivity index (χ0n) is 13.7. The van der Waals surface area contributed by atoms with Crippen molar-refractivity contribution < 1.29 is 18.7 Å². The molecule has 1 N–H and O–H groups in total. The van der Waals surface area contributed by atoms with Crippen LogP contribution in [0.3, 0.4) is 0 Å². The first kappa shape index (κ1) is 16.5. The lowest BCUT2D eigenvalue weighted by Crippen LogP contribution is -2.24. The third-order valence-corrected chi connectivity index (χ3v) is 3.69. The highest BCUT2D eigenvalue weighted by atomic mass is 16.5. The molecule has 0 spiro atoms. The van der Waals surface area contributed by atoms with Gasteiger partial charge < -0.3 is 14.5 Å². The van der Waals surface area contributed by atoms with Gasteiger partial charge in [0.05, 0.1) is 18.2 Å². The largest absolute Gasteiger partial charge is 0.465 e. The van der Waals surface area contributed by atoms with Gasteiger partial charge in [0.2, 0.25) is 5.91 Å². The first-order chi connectivity index (χ1) is 12.0. The van der Waals surface area contributed by atoms with Crippen molar-refractivity contribution in [3.8, 4) is 0 Å². The Bertz CT molecular complexity index is 1020. The number of aryl methyl sites for hydroxylation is 1. The second-order valence-electron chi connectivity index (χ2n) is 5.55. The summed E-state index contributed by atoms with van der Waals surface area (Å²) in [4.78, 5) is 35.8. The molecule has 25 heavy (non-hydrogen) atoms. The van der Waals surface area contributed by atoms with Crippen LogP contribution in [-0.4, -0.2) is 23.6 Å². The van der Waals surface area contributed by atoms with E-state index < -0.39 is 11.7 Å². The number of esters is 1. The number of hydrogen-bond acceptors (Lipinski definition) is 5. The van der Waals surface area contributed by atoms with Gasteiger partial charge in [-0.3, -0.25) is 9.36 Å². The maximum atomic E-state index is 12.2. The SMILES string of the molecule is COC(=O)c1ccc2c(c1)oc(=O)n2CC(=O)Nc1cccc(C)c1. The van der Waals surface area contributed by atoms with Gasteiger partial charge in [0.25, 0.3) is 0 Å². The van der Waals surface area contributed by atoms with E-state index in [0.29, 0.717) is 11.2 Å². The molecule has 3 rings (SSSR count). The molecule has 1 aromatic heterocycles. The Morgan fingerprint density at radius 3 is 2.72 bits per heavy atom. The van der Waals surface area contributed by atoms with E-state index in [1.54, 1.807) is 12.1 Å². The number of methoxy groups -OCH3 is 1. The third-order valence-electron chi connectivity index (χ3n) is 3.69. The highest BCUT2D eigenvalue weighted by molar-refractivity contribution is 5.94. The Labute approximate surface area is 142 Å². The van der Waals surface area contributed by atoms with Crippen LogP contribution in [0.15, 0.2) is 51.7 Å². The summed E-state index contributed by atoms with van der Waals surface area (Å²) in [7, 11) is 1.27. The zero-order valence-corrected chi connectivity index (χ0v) is 13.7. The Morgan fingerprint density at radius 1 is 1.20 bits per heavy atom. The lowest BCUT2D eigenvalue weighted by molar-refractivity contribution is -0.116. The van der Waals surface area contributed by atoms with Gasteiger partial charge in [0, 0.05) is 5.69 Å². The van der Waals surface area contributed by atoms with Gasteiger partial charge in [0.1, 0.15) is 6.54 Å². The maximum absolute atomic E-state index is 12.2. The van der Waals surface area contributed by atoms with Crippen LogP contribution in [0.25, 0.3) is 11.1 Å². The number of nitrogens with one attached hydrogen (secondary N) is 1. The topological polar surface area (TPSA) is 90.5 Å². The number of carbonyl (C=O) groups excluding carboxylic acids is 2. The molecule has 0 aliphatic carbocycles. The van der Waals surface area contributed by atoms with Crippen LogP contribution in [0.1, 0.15) is 15.9 Å². The second kappa shape index (κ2) is 6.64. The minimum Gasteiger partial charge on any atom is -0.465 e. The van der Waals surface area contributed by atoms with E-state index in [1.807, 2.05) is 25.1 Å². The highest BCUT2D eigenvalue weighted by Gasteiger charge is 2.15. The molecule has 7 nitrogen and oxygen atoms in total. The number of carbonyl (C=O) groups is 2. The van der Waals surface area contributed by atoms with E-state index in [4.69, 9.17) is 4.42 Å². The lowest BCUT2D eigenvalue weighted by Gasteiger charge is -2.06. The predicted molar refractivity (Wildman–Crippen MR) is 91.6 cm³/mol. The minimum absolute atomic E-state index is 0.197. The number of ether oxygens (including phenoxy) is 1. The molecular weight excluding hydrogens is 324 g/mol. The number of hydrogen-bond donors (Lipinski definition) is 1. The number of benzene rings is 2. The molecule has 0 saturated carbocycles. The van der Waals surface area contributed by atoms with Crippen LogP contribution in [0.2, 0.25) is 0 Å². The molecule has 0 aliphatic heterocycles. The highest BCUT2D eigenvalue weighted by Crippen LogP contribution is 2.16. The van der Waals surface area contributed by atoms with Gasteiger partial charge in [-0.05, 0) is 42.8 Å². The molecule has 7 heteroatoms. The van der Waals surface area contributed by atoms with E-state index >= 15 is 0 Å². The molecule has 128 valence electrons. The molecule has 0 fully saturated rings. The van der Waals surface area contributed by atoms with Gasteiger partial charge in [-0.2, -0.15) is 0 Å². The van der Waals surface area contributed by atoms with Gasteiger partial charge in [-0.15, -0.1) is 0 Å². The molecule has 0 atom stereocenters. The molecule has 0 unspecified atom stereocenters. The van der Waals surface area contributed by atoms with Crippen molar-refractivity contribution >= 4 is 28.7 Å². The zero-order chi connectivity index (χ0) is 18.0. The number of rotatable bonds is 4. The van der Waals surface area contributed by atoms with Crippen LogP contribution >= 0.6 is 0 Å². The van der Waals surface area contributed by atoms with E-state index in [-0.39, 0.29) is 23.6 Å². The number of amides is 1. The smallest absolute Gasteiger partial charge is 0.420 e. The summed E-state index contributed by atoms with van der Waals surface area (Å²) in [5.74, 6) is -1.56. The Balaban J connectivity index is 1.86. The van der Waals surface area contributed by atoms with E-state index in [0.717, 1.165) is 5.56 Å². The maximum Gasteiger partial charge on any atom is 0.420 e. The molecule has 0 radical (unpaired) electrons. The quantitative estimate of drug-likeness (QED) is 0.736. The standard InChI is InChI=1S/C18H16N2O5/c1-11-4-3-5-13(8-11)19-16(21)10-20-14-7-6-12(17(22)24-2)9-15(14)25-18(20)23/h3-9H,10H2,1-2H3,(H,19,21). The van der Waals surface area contributed by atoms with Crippen LogP contribution in [0, 0.1) is 6.92 Å². The fourth-order valence-electron chi connectivity index (χ4n) is 2.53. The molecule has 1 amide bonds. The molecule has 1 heterocycles. The normalized spacial score (nSPS) is 10.6. The van der Waals surface area contributed by atoms with Crippen molar-refractivity contribution in [3.05, 3.63) is 64.1 Å². The van der Waals surface area contributed by atoms with Crippen molar-refractivity contribution in [1.29, 1.82) is 0 Å². The first-order valence-electron chi connectivity index (χ1n) is 7.56. The summed E-state index contributed by atoms with van der Waals surface area (Å²) in [6.07, 6.45) is 0. The summed E-state index contributed by atoms with van der Waals surface area (Å²) in [5.41, 5.74) is 2.58. The van der Waals surface area contributed by atoms with Crippen LogP contribution in [0.5, 0.6) is 0 Å². The number of aromatic nitrogens is 1. The molecule has 2 aromatic carbocycles. The van der Waals surface area contributed by atoms with Crippen molar-refractivity contribution in [2.45, 2.75) is 13.5 Å². The minimum atomic E-state index is -0.670. The van der Waals surface area contributed by atoms with Crippen molar-refractivity contribution in [3.63, 3.8) is 0 Å². The van der Waals surface area contributed by atoms with E-state index in [1.165, 1.54) is 23.8 Å². The van der Waals surface area contributed by atoms with Crippen LogP contribution in [0.4, 0.5) is 5.69 Å². The average molecular weight is 340 g/mol. The molecule has 0 bridgehead atoms. The van der Waals surface area contributed by atoms with E-state index in [2.05, 4.69) is 10.1 Å². The number of nitrogens with zero attached hydrogens (tertiary/aromatic N) is 1. The van der Waals surface area contributed by atoms with Gasteiger partial charge in [-0.25, -0.2) is 9.59 Å². The summed E-state index contributed by atoms with van der Waals surface area (Å²) < 4.78 is 11.0. The second-order valence-corrected chi connectivity index (χ2v) is 5.55. The fourth-order valence-corrected chi connectivity index (χ4v) is 2.53. The Kier molecular flexibility index (Phi) is 4.38. The Hall–Kier alpha value is -3.35. The van der Waals surface area contributed by atoms with Crippen LogP contribution < -0.4 is 11.1 Å². The number of oxazole rings is 1. The van der Waals surface area contributed by atoms with Gasteiger partial charge in [-0.1, -0.05) is 12.1 Å². The summed E-state index contributed by atoms with van der Waals surface area (Å²) in [5, 5.41) is 2.74. The average Bonchev–Trinajstić information content (AvgIpc) is 2.89. The lowest BCUT2D eigenvalue weighted by atomic mass is 10.2. The first-order valence-corrected chi connectivity index (χ1v) is 7.56. The Morgan fingerprint density at radius 2 is 2.00 bits per heavy atom. The number of anilines is 1. The van der Waals surface area contributed by atoms with Crippen molar-refractivity contribution in [1.82, 2.24) is 4.57 Å². The monoisotopic (exact) mass is 340 g/mol. The number of fused-ring (bicyclic) bond motifs is 1. The molecule has 0 saturated heterocycles.